The van der Waals surface area contributed by atoms with Gasteiger partial charge in [-0.15, -0.1) is 0 Å². The van der Waals surface area contributed by atoms with Crippen molar-refractivity contribution in [3.63, 3.8) is 0 Å². The smallest absolute Gasteiger partial charge is 0.235 e. The first-order chi connectivity index (χ1) is 13.9. The number of carbonyl (C=O) groups is 2. The van der Waals surface area contributed by atoms with Crippen LogP contribution < -0.4 is 4.74 Å². The number of benzene rings is 1. The van der Waals surface area contributed by atoms with Crippen molar-refractivity contribution >= 4 is 11.8 Å². The summed E-state index contributed by atoms with van der Waals surface area (Å²) >= 11 is 0. The van der Waals surface area contributed by atoms with E-state index in [0.29, 0.717) is 12.2 Å². The molecule has 1 aromatic rings. The summed E-state index contributed by atoms with van der Waals surface area (Å²) in [6, 6.07) is 7.99. The highest BCUT2D eigenvalue weighted by Gasteiger charge is 2.52. The van der Waals surface area contributed by atoms with Crippen molar-refractivity contribution in [1.29, 1.82) is 0 Å². The number of ether oxygens (including phenoxy) is 1. The van der Waals surface area contributed by atoms with Gasteiger partial charge in [-0.3, -0.25) is 14.5 Å². The first-order valence-electron chi connectivity index (χ1n) is 11.2. The lowest BCUT2D eigenvalue weighted by Gasteiger charge is -2.33. The molecule has 1 aliphatic carbocycles. The van der Waals surface area contributed by atoms with Crippen molar-refractivity contribution in [2.24, 2.45) is 10.8 Å². The largest absolute Gasteiger partial charge is 0.491 e. The maximum atomic E-state index is 12.7. The average molecular weight is 416 g/mol. The molecule has 0 radical (unpaired) electrons. The summed E-state index contributed by atoms with van der Waals surface area (Å²) in [5.74, 6) is 0.413. The van der Waals surface area contributed by atoms with Gasteiger partial charge in [0, 0.05) is 6.42 Å². The number of hydrogen-bond acceptors (Lipinski definition) is 4. The van der Waals surface area contributed by atoms with Gasteiger partial charge in [0.15, 0.2) is 0 Å². The van der Waals surface area contributed by atoms with Gasteiger partial charge in [0.2, 0.25) is 11.8 Å². The Morgan fingerprint density at radius 3 is 2.23 bits per heavy atom. The van der Waals surface area contributed by atoms with Crippen LogP contribution in [-0.4, -0.2) is 41.1 Å². The van der Waals surface area contributed by atoms with Crippen molar-refractivity contribution in [3.8, 4) is 5.75 Å². The number of amides is 2. The summed E-state index contributed by atoms with van der Waals surface area (Å²) in [5, 5.41) is 10.4. The number of rotatable bonds is 7. The Bertz CT molecular complexity index is 769. The lowest BCUT2D eigenvalue weighted by molar-refractivity contribution is -0.143. The van der Waals surface area contributed by atoms with Gasteiger partial charge < -0.3 is 9.84 Å². The SMILES string of the molecule is CC(C)(C)CC(C)(C)c1ccc(OCC(O)CN2C(=O)CC3(CCCC3)C2=O)cc1. The first kappa shape index (κ1) is 22.8. The second-order valence-electron chi connectivity index (χ2n) is 11.1. The normalized spacial score (nSPS) is 20.3. The zero-order chi connectivity index (χ0) is 22.2. The fourth-order valence-corrected chi connectivity index (χ4v) is 5.37. The van der Waals surface area contributed by atoms with Gasteiger partial charge in [-0.25, -0.2) is 0 Å². The molecule has 2 fully saturated rings. The molecule has 1 N–H and O–H groups in total. The summed E-state index contributed by atoms with van der Waals surface area (Å²) in [6.45, 7) is 11.3. The molecule has 1 unspecified atom stereocenters. The minimum atomic E-state index is -0.897. The zero-order valence-electron chi connectivity index (χ0n) is 19.2. The quantitative estimate of drug-likeness (QED) is 0.668. The minimum Gasteiger partial charge on any atom is -0.491 e. The number of likely N-dealkylation sites (tertiary alicyclic amines) is 1. The maximum absolute atomic E-state index is 12.7. The summed E-state index contributed by atoms with van der Waals surface area (Å²) in [6.07, 6.45) is 4.05. The van der Waals surface area contributed by atoms with E-state index in [2.05, 4.69) is 46.8 Å². The predicted octanol–water partition coefficient (Wildman–Crippen LogP) is 4.46. The standard InChI is InChI=1S/C25H37NO4/c1-23(2,3)17-24(4,5)18-8-10-20(11-9-18)30-16-19(27)15-26-21(28)14-25(22(26)29)12-6-7-13-25/h8-11,19,27H,6-7,12-17H2,1-5H3. The fourth-order valence-electron chi connectivity index (χ4n) is 5.37. The van der Waals surface area contributed by atoms with E-state index < -0.39 is 11.5 Å². The molecule has 1 aromatic carbocycles. The molecule has 1 saturated heterocycles. The van der Waals surface area contributed by atoms with Gasteiger partial charge in [0.1, 0.15) is 18.5 Å². The maximum Gasteiger partial charge on any atom is 0.235 e. The van der Waals surface area contributed by atoms with Crippen LogP contribution in [0.25, 0.3) is 0 Å². The summed E-state index contributed by atoms with van der Waals surface area (Å²) in [5.41, 5.74) is 1.06. The van der Waals surface area contributed by atoms with Crippen LogP contribution >= 0.6 is 0 Å². The van der Waals surface area contributed by atoms with Crippen LogP contribution in [0.5, 0.6) is 5.75 Å². The zero-order valence-corrected chi connectivity index (χ0v) is 19.2. The van der Waals surface area contributed by atoms with Crippen LogP contribution in [0, 0.1) is 10.8 Å². The molecule has 166 valence electrons. The van der Waals surface area contributed by atoms with E-state index in [0.717, 1.165) is 32.1 Å². The highest BCUT2D eigenvalue weighted by atomic mass is 16.5. The number of aliphatic hydroxyl groups excluding tert-OH is 1. The van der Waals surface area contributed by atoms with Crippen LogP contribution in [0.1, 0.15) is 78.7 Å². The van der Waals surface area contributed by atoms with E-state index in [-0.39, 0.29) is 35.8 Å². The third kappa shape index (κ3) is 5.05. The van der Waals surface area contributed by atoms with Crippen LogP contribution in [0.3, 0.4) is 0 Å². The lowest BCUT2D eigenvalue weighted by atomic mass is 9.72. The van der Waals surface area contributed by atoms with Gasteiger partial charge >= 0.3 is 0 Å². The van der Waals surface area contributed by atoms with Gasteiger partial charge in [-0.1, -0.05) is 59.6 Å². The van der Waals surface area contributed by atoms with Crippen LogP contribution in [0.2, 0.25) is 0 Å². The molecule has 2 aliphatic rings. The second kappa shape index (κ2) is 8.33. The molecule has 1 heterocycles. The lowest BCUT2D eigenvalue weighted by Crippen LogP contribution is -2.41. The number of nitrogens with zero attached hydrogens (tertiary/aromatic N) is 1. The Morgan fingerprint density at radius 2 is 1.67 bits per heavy atom. The fraction of sp³-hybridized carbons (Fsp3) is 0.680. The third-order valence-corrected chi connectivity index (χ3v) is 6.49. The average Bonchev–Trinajstić information content (AvgIpc) is 3.19. The first-order valence-corrected chi connectivity index (χ1v) is 11.2. The van der Waals surface area contributed by atoms with E-state index in [9.17, 15) is 14.7 Å². The molecule has 0 aromatic heterocycles. The molecule has 1 spiro atoms. The van der Waals surface area contributed by atoms with Gasteiger partial charge in [0.05, 0.1) is 12.0 Å². The van der Waals surface area contributed by atoms with Gasteiger partial charge in [-0.2, -0.15) is 0 Å². The predicted molar refractivity (Wildman–Crippen MR) is 117 cm³/mol. The van der Waals surface area contributed by atoms with Gasteiger partial charge in [0.25, 0.3) is 0 Å². The summed E-state index contributed by atoms with van der Waals surface area (Å²) < 4.78 is 5.73. The van der Waals surface area contributed by atoms with Gasteiger partial charge in [-0.05, 0) is 47.8 Å². The molecular formula is C25H37NO4. The number of imide groups is 1. The van der Waals surface area contributed by atoms with Crippen molar-refractivity contribution in [2.45, 2.75) is 84.7 Å². The molecule has 3 rings (SSSR count). The molecule has 1 saturated carbocycles. The molecule has 5 nitrogen and oxygen atoms in total. The molecule has 2 amide bonds. The van der Waals surface area contributed by atoms with Crippen molar-refractivity contribution < 1.29 is 19.4 Å². The Labute approximate surface area is 180 Å². The summed E-state index contributed by atoms with van der Waals surface area (Å²) in [7, 11) is 0. The highest BCUT2D eigenvalue weighted by molar-refractivity contribution is 6.06. The van der Waals surface area contributed by atoms with Crippen LogP contribution in [0.4, 0.5) is 0 Å². The molecule has 5 heteroatoms. The number of β-amino-alcohol motifs (C(OH)–C–C–N with tert-alkyl or cyclic N) is 1. The minimum absolute atomic E-state index is 0.0100. The number of carbonyl (C=O) groups excluding carboxylic acids is 2. The highest BCUT2D eigenvalue weighted by Crippen LogP contribution is 2.46. The van der Waals surface area contributed by atoms with E-state index >= 15 is 0 Å². The Balaban J connectivity index is 1.53. The summed E-state index contributed by atoms with van der Waals surface area (Å²) in [4.78, 5) is 26.3. The Kier molecular flexibility index (Phi) is 6.33. The number of hydrogen-bond donors (Lipinski definition) is 1. The molecule has 0 bridgehead atoms. The van der Waals surface area contributed by atoms with E-state index in [1.165, 1.54) is 10.5 Å². The Hall–Kier alpha value is -1.88. The van der Waals surface area contributed by atoms with E-state index in [1.54, 1.807) is 0 Å². The molecular weight excluding hydrogens is 378 g/mol. The van der Waals surface area contributed by atoms with Crippen LogP contribution in [0.15, 0.2) is 24.3 Å². The third-order valence-electron chi connectivity index (χ3n) is 6.49. The Morgan fingerprint density at radius 1 is 1.07 bits per heavy atom. The van der Waals surface area contributed by atoms with Crippen molar-refractivity contribution in [3.05, 3.63) is 29.8 Å². The van der Waals surface area contributed by atoms with Crippen molar-refractivity contribution in [2.75, 3.05) is 13.2 Å². The number of aliphatic hydroxyl groups is 1. The topological polar surface area (TPSA) is 66.8 Å². The monoisotopic (exact) mass is 415 g/mol. The van der Waals surface area contributed by atoms with Crippen LogP contribution in [-0.2, 0) is 15.0 Å². The molecule has 30 heavy (non-hydrogen) atoms. The molecule has 1 aliphatic heterocycles. The molecule has 1 atom stereocenters. The second-order valence-corrected chi connectivity index (χ2v) is 11.1. The van der Waals surface area contributed by atoms with Crippen molar-refractivity contribution in [1.82, 2.24) is 4.90 Å². The van der Waals surface area contributed by atoms with E-state index in [1.807, 2.05) is 12.1 Å². The van der Waals surface area contributed by atoms with E-state index in [4.69, 9.17) is 4.74 Å².